The molecular weight excluding hydrogens is 276 g/mol. The van der Waals surface area contributed by atoms with Crippen LogP contribution in [0.3, 0.4) is 0 Å². The van der Waals surface area contributed by atoms with Crippen LogP contribution in [0.5, 0.6) is 0 Å². The third-order valence-electron chi connectivity index (χ3n) is 1.98. The Bertz CT molecular complexity index is 392. The van der Waals surface area contributed by atoms with E-state index in [4.69, 9.17) is 5.11 Å². The van der Waals surface area contributed by atoms with Gasteiger partial charge in [-0.05, 0) is 28.1 Å². The van der Waals surface area contributed by atoms with Crippen molar-refractivity contribution in [3.05, 3.63) is 28.5 Å². The minimum Gasteiger partial charge on any atom is -0.481 e. The van der Waals surface area contributed by atoms with Gasteiger partial charge in [-0.1, -0.05) is 0 Å². The third kappa shape index (κ3) is 3.62. The second-order valence-electron chi connectivity index (χ2n) is 3.24. The van der Waals surface area contributed by atoms with E-state index in [9.17, 15) is 9.59 Å². The summed E-state index contributed by atoms with van der Waals surface area (Å²) in [6, 6.07) is 3.30. The topological polar surface area (TPSA) is 70.5 Å². The van der Waals surface area contributed by atoms with Crippen LogP contribution in [0.2, 0.25) is 0 Å². The normalized spacial score (nSPS) is 9.88. The van der Waals surface area contributed by atoms with Gasteiger partial charge in [0.05, 0.1) is 12.0 Å². The molecule has 0 aliphatic carbocycles. The molecule has 1 aromatic rings. The molecule has 86 valence electrons. The molecule has 0 saturated heterocycles. The van der Waals surface area contributed by atoms with Gasteiger partial charge < -0.3 is 10.0 Å². The zero-order chi connectivity index (χ0) is 12.1. The first kappa shape index (κ1) is 12.6. The van der Waals surface area contributed by atoms with E-state index in [1.165, 1.54) is 11.1 Å². The van der Waals surface area contributed by atoms with Gasteiger partial charge in [0, 0.05) is 19.8 Å². The molecule has 0 aliphatic heterocycles. The van der Waals surface area contributed by atoms with Gasteiger partial charge in [-0.3, -0.25) is 9.59 Å². The van der Waals surface area contributed by atoms with Crippen LogP contribution in [0, 0.1) is 0 Å². The van der Waals surface area contributed by atoms with Gasteiger partial charge in [0.15, 0.2) is 0 Å². The minimum atomic E-state index is -0.923. The van der Waals surface area contributed by atoms with E-state index < -0.39 is 5.97 Å². The zero-order valence-corrected chi connectivity index (χ0v) is 10.3. The highest BCUT2D eigenvalue weighted by atomic mass is 79.9. The highest BCUT2D eigenvalue weighted by Crippen LogP contribution is 2.08. The number of hydrogen-bond acceptors (Lipinski definition) is 3. The average molecular weight is 287 g/mol. The van der Waals surface area contributed by atoms with Gasteiger partial charge in [-0.25, -0.2) is 4.98 Å². The first-order valence-electron chi connectivity index (χ1n) is 4.59. The number of amides is 1. The molecule has 1 amide bonds. The van der Waals surface area contributed by atoms with E-state index in [1.54, 1.807) is 19.2 Å². The SMILES string of the molecule is CN(CCC(=O)O)C(=O)c1ccc(Br)nc1. The summed E-state index contributed by atoms with van der Waals surface area (Å²) in [5.41, 5.74) is 0.441. The Labute approximate surface area is 101 Å². The standard InChI is InChI=1S/C10H11BrN2O3/c1-13(5-4-9(14)15)10(16)7-2-3-8(11)12-6-7/h2-3,6H,4-5H2,1H3,(H,14,15). The lowest BCUT2D eigenvalue weighted by atomic mass is 10.2. The number of nitrogens with zero attached hydrogens (tertiary/aromatic N) is 2. The number of carbonyl (C=O) groups is 2. The summed E-state index contributed by atoms with van der Waals surface area (Å²) in [6.07, 6.45) is 1.38. The van der Waals surface area contributed by atoms with Gasteiger partial charge in [0.1, 0.15) is 4.60 Å². The number of aliphatic carboxylic acids is 1. The molecule has 0 bridgehead atoms. The molecule has 1 rings (SSSR count). The second kappa shape index (κ2) is 5.60. The van der Waals surface area contributed by atoms with Crippen molar-refractivity contribution >= 4 is 27.8 Å². The Morgan fingerprint density at radius 2 is 2.19 bits per heavy atom. The van der Waals surface area contributed by atoms with Crippen LogP contribution in [-0.2, 0) is 4.79 Å². The van der Waals surface area contributed by atoms with Crippen LogP contribution in [0.25, 0.3) is 0 Å². The van der Waals surface area contributed by atoms with E-state index in [0.717, 1.165) is 0 Å². The lowest BCUT2D eigenvalue weighted by molar-refractivity contribution is -0.137. The van der Waals surface area contributed by atoms with E-state index in [-0.39, 0.29) is 18.9 Å². The number of carboxylic acid groups (broad SMARTS) is 1. The summed E-state index contributed by atoms with van der Waals surface area (Å²) < 4.78 is 0.650. The summed E-state index contributed by atoms with van der Waals surface area (Å²) in [6.45, 7) is 0.185. The van der Waals surface area contributed by atoms with E-state index in [1.807, 2.05) is 0 Å². The molecule has 1 heterocycles. The Morgan fingerprint density at radius 1 is 1.50 bits per heavy atom. The molecule has 0 aromatic carbocycles. The lowest BCUT2D eigenvalue weighted by Crippen LogP contribution is -2.29. The van der Waals surface area contributed by atoms with Crippen molar-refractivity contribution in [3.8, 4) is 0 Å². The lowest BCUT2D eigenvalue weighted by Gasteiger charge is -2.15. The van der Waals surface area contributed by atoms with Crippen molar-refractivity contribution in [2.45, 2.75) is 6.42 Å². The van der Waals surface area contributed by atoms with Crippen LogP contribution >= 0.6 is 15.9 Å². The third-order valence-corrected chi connectivity index (χ3v) is 2.45. The number of aromatic nitrogens is 1. The van der Waals surface area contributed by atoms with Crippen molar-refractivity contribution in [2.24, 2.45) is 0 Å². The monoisotopic (exact) mass is 286 g/mol. The summed E-state index contributed by atoms with van der Waals surface area (Å²) in [5, 5.41) is 8.49. The number of carbonyl (C=O) groups excluding carboxylic acids is 1. The fraction of sp³-hybridized carbons (Fsp3) is 0.300. The number of rotatable bonds is 4. The van der Waals surface area contributed by atoms with Crippen LogP contribution in [0.4, 0.5) is 0 Å². The zero-order valence-electron chi connectivity index (χ0n) is 8.68. The highest BCUT2D eigenvalue weighted by Gasteiger charge is 2.12. The van der Waals surface area contributed by atoms with E-state index in [2.05, 4.69) is 20.9 Å². The van der Waals surface area contributed by atoms with Crippen molar-refractivity contribution in [2.75, 3.05) is 13.6 Å². The predicted octanol–water partition coefficient (Wildman–Crippen LogP) is 1.39. The molecule has 0 radical (unpaired) electrons. The van der Waals surface area contributed by atoms with E-state index in [0.29, 0.717) is 10.2 Å². The molecule has 1 aromatic heterocycles. The molecule has 6 heteroatoms. The minimum absolute atomic E-state index is 0.0633. The highest BCUT2D eigenvalue weighted by molar-refractivity contribution is 9.10. The fourth-order valence-electron chi connectivity index (χ4n) is 1.09. The molecule has 5 nitrogen and oxygen atoms in total. The number of halogens is 1. The molecule has 0 unspecified atom stereocenters. The Morgan fingerprint density at radius 3 is 2.69 bits per heavy atom. The summed E-state index contributed by atoms with van der Waals surface area (Å²) >= 11 is 3.17. The smallest absolute Gasteiger partial charge is 0.305 e. The van der Waals surface area contributed by atoms with E-state index >= 15 is 0 Å². The molecule has 0 fully saturated rings. The Kier molecular flexibility index (Phi) is 4.42. The maximum absolute atomic E-state index is 11.7. The first-order chi connectivity index (χ1) is 7.50. The summed E-state index contributed by atoms with van der Waals surface area (Å²) in [4.78, 5) is 27.4. The van der Waals surface area contributed by atoms with Gasteiger partial charge in [0.25, 0.3) is 5.91 Å². The second-order valence-corrected chi connectivity index (χ2v) is 4.05. The molecular formula is C10H11BrN2O3. The fourth-order valence-corrected chi connectivity index (χ4v) is 1.32. The first-order valence-corrected chi connectivity index (χ1v) is 5.39. The molecule has 0 saturated carbocycles. The van der Waals surface area contributed by atoms with Crippen molar-refractivity contribution < 1.29 is 14.7 Å². The van der Waals surface area contributed by atoms with Crippen LogP contribution in [0.1, 0.15) is 16.8 Å². The molecule has 0 atom stereocenters. The number of carboxylic acids is 1. The molecule has 1 N–H and O–H groups in total. The van der Waals surface area contributed by atoms with Gasteiger partial charge in [-0.15, -0.1) is 0 Å². The van der Waals surface area contributed by atoms with Crippen LogP contribution < -0.4 is 0 Å². The average Bonchev–Trinajstić information content (AvgIpc) is 2.26. The van der Waals surface area contributed by atoms with Crippen LogP contribution in [-0.4, -0.2) is 40.5 Å². The van der Waals surface area contributed by atoms with Crippen molar-refractivity contribution in [1.29, 1.82) is 0 Å². The molecule has 16 heavy (non-hydrogen) atoms. The molecule has 0 aliphatic rings. The Hall–Kier alpha value is -1.43. The number of pyridine rings is 1. The van der Waals surface area contributed by atoms with Gasteiger partial charge in [-0.2, -0.15) is 0 Å². The summed E-state index contributed by atoms with van der Waals surface area (Å²) in [5.74, 6) is -1.16. The van der Waals surface area contributed by atoms with Crippen LogP contribution in [0.15, 0.2) is 22.9 Å². The largest absolute Gasteiger partial charge is 0.481 e. The van der Waals surface area contributed by atoms with Gasteiger partial charge >= 0.3 is 5.97 Å². The van der Waals surface area contributed by atoms with Crippen molar-refractivity contribution in [1.82, 2.24) is 9.88 Å². The Balaban J connectivity index is 2.63. The molecule has 0 spiro atoms. The predicted molar refractivity (Wildman–Crippen MR) is 61.2 cm³/mol. The maximum atomic E-state index is 11.7. The van der Waals surface area contributed by atoms with Gasteiger partial charge in [0.2, 0.25) is 0 Å². The summed E-state index contributed by atoms with van der Waals surface area (Å²) in [7, 11) is 1.56. The quantitative estimate of drug-likeness (QED) is 0.849. The van der Waals surface area contributed by atoms with Crippen molar-refractivity contribution in [3.63, 3.8) is 0 Å². The maximum Gasteiger partial charge on any atom is 0.305 e. The number of hydrogen-bond donors (Lipinski definition) is 1.